The summed E-state index contributed by atoms with van der Waals surface area (Å²) in [5.41, 5.74) is 5.62. The van der Waals surface area contributed by atoms with Gasteiger partial charge >= 0.3 is 0 Å². The second kappa shape index (κ2) is 5.61. The first kappa shape index (κ1) is 11.9. The molecule has 1 heterocycles. The summed E-state index contributed by atoms with van der Waals surface area (Å²) in [5, 5.41) is 0. The second-order valence-electron chi connectivity index (χ2n) is 3.76. The van der Waals surface area contributed by atoms with E-state index in [1.165, 1.54) is 11.5 Å². The maximum atomic E-state index is 11.8. The van der Waals surface area contributed by atoms with Crippen molar-refractivity contribution in [2.75, 3.05) is 18.1 Å². The minimum atomic E-state index is -0.357. The van der Waals surface area contributed by atoms with Crippen LogP contribution in [0.5, 0.6) is 0 Å². The van der Waals surface area contributed by atoms with Gasteiger partial charge in [0.1, 0.15) is 0 Å². The lowest BCUT2D eigenvalue weighted by atomic mass is 10.1. The maximum Gasteiger partial charge on any atom is 0.239 e. The number of rotatable bonds is 3. The number of hydrogen-bond acceptors (Lipinski definition) is 3. The molecule has 1 atom stereocenters. The summed E-state index contributed by atoms with van der Waals surface area (Å²) in [6.07, 6.45) is 2.24. The van der Waals surface area contributed by atoms with Crippen LogP contribution in [0, 0.1) is 0 Å². The van der Waals surface area contributed by atoms with Gasteiger partial charge in [-0.3, -0.25) is 4.79 Å². The Morgan fingerprint density at radius 2 is 2.14 bits per heavy atom. The zero-order chi connectivity index (χ0) is 10.6. The number of hydrogen-bond donors (Lipinski definition) is 1. The molecule has 0 radical (unpaired) electrons. The first-order valence-electron chi connectivity index (χ1n) is 5.30. The lowest BCUT2D eigenvalue weighted by Crippen LogP contribution is -2.48. The Morgan fingerprint density at radius 1 is 1.57 bits per heavy atom. The van der Waals surface area contributed by atoms with Crippen LogP contribution >= 0.6 is 11.8 Å². The van der Waals surface area contributed by atoms with Crippen LogP contribution in [0.3, 0.4) is 0 Å². The summed E-state index contributed by atoms with van der Waals surface area (Å²) in [6, 6.07) is 0.0734. The third-order valence-electron chi connectivity index (χ3n) is 2.64. The summed E-state index contributed by atoms with van der Waals surface area (Å²) in [7, 11) is 0. The van der Waals surface area contributed by atoms with E-state index >= 15 is 0 Å². The average Bonchev–Trinajstić information content (AvgIpc) is 2.20. The van der Waals surface area contributed by atoms with E-state index in [0.717, 1.165) is 19.4 Å². The lowest BCUT2D eigenvalue weighted by molar-refractivity contribution is -0.134. The van der Waals surface area contributed by atoms with Crippen LogP contribution in [-0.4, -0.2) is 40.9 Å². The van der Waals surface area contributed by atoms with E-state index in [2.05, 4.69) is 0 Å². The monoisotopic (exact) mass is 216 g/mol. The molecule has 1 saturated heterocycles. The molecule has 3 nitrogen and oxygen atoms in total. The van der Waals surface area contributed by atoms with Crippen LogP contribution in [0.15, 0.2) is 0 Å². The van der Waals surface area contributed by atoms with Crippen molar-refractivity contribution < 1.29 is 4.79 Å². The van der Waals surface area contributed by atoms with Crippen molar-refractivity contribution in [2.24, 2.45) is 5.73 Å². The Hall–Kier alpha value is -0.220. The van der Waals surface area contributed by atoms with Crippen LogP contribution < -0.4 is 5.73 Å². The highest BCUT2D eigenvalue weighted by Gasteiger charge is 2.25. The fraction of sp³-hybridized carbons (Fsp3) is 0.900. The van der Waals surface area contributed by atoms with E-state index in [-0.39, 0.29) is 11.9 Å². The predicted octanol–water partition coefficient (Wildman–Crippen LogP) is 1.08. The van der Waals surface area contributed by atoms with E-state index in [4.69, 9.17) is 5.73 Å². The molecule has 0 unspecified atom stereocenters. The molecule has 1 amide bonds. The number of carbonyl (C=O) groups excluding carboxylic acids is 1. The summed E-state index contributed by atoms with van der Waals surface area (Å²) in [6.45, 7) is 4.58. The zero-order valence-electron chi connectivity index (χ0n) is 9.03. The Bertz CT molecular complexity index is 191. The summed E-state index contributed by atoms with van der Waals surface area (Å²) < 4.78 is 0. The Labute approximate surface area is 90.4 Å². The minimum absolute atomic E-state index is 0.101. The molecule has 14 heavy (non-hydrogen) atoms. The highest BCUT2D eigenvalue weighted by atomic mass is 32.2. The minimum Gasteiger partial charge on any atom is -0.339 e. The number of nitrogens with zero attached hydrogens (tertiary/aromatic N) is 1. The SMILES string of the molecule is CCN(C(=O)[C@@H](C)N)C1CCSCC1. The van der Waals surface area contributed by atoms with Crippen LogP contribution in [0.4, 0.5) is 0 Å². The Morgan fingerprint density at radius 3 is 2.57 bits per heavy atom. The van der Waals surface area contributed by atoms with Gasteiger partial charge in [0.2, 0.25) is 5.91 Å². The normalized spacial score (nSPS) is 20.5. The smallest absolute Gasteiger partial charge is 0.239 e. The van der Waals surface area contributed by atoms with Gasteiger partial charge in [0, 0.05) is 12.6 Å². The molecule has 0 spiro atoms. The topological polar surface area (TPSA) is 46.3 Å². The van der Waals surface area contributed by atoms with Crippen molar-refractivity contribution in [3.05, 3.63) is 0 Å². The number of carbonyl (C=O) groups is 1. The molecule has 1 rings (SSSR count). The Balaban J connectivity index is 2.55. The second-order valence-corrected chi connectivity index (χ2v) is 4.98. The molecule has 0 bridgehead atoms. The van der Waals surface area contributed by atoms with E-state index in [9.17, 15) is 4.79 Å². The summed E-state index contributed by atoms with van der Waals surface area (Å²) in [5.74, 6) is 2.45. The Kier molecular flexibility index (Phi) is 4.75. The van der Waals surface area contributed by atoms with Crippen molar-refractivity contribution in [3.8, 4) is 0 Å². The van der Waals surface area contributed by atoms with Gasteiger partial charge in [-0.05, 0) is 38.2 Å². The van der Waals surface area contributed by atoms with Crippen LogP contribution in [0.2, 0.25) is 0 Å². The van der Waals surface area contributed by atoms with Crippen LogP contribution in [-0.2, 0) is 4.79 Å². The molecular formula is C10H20N2OS. The fourth-order valence-corrected chi connectivity index (χ4v) is 2.93. The van der Waals surface area contributed by atoms with E-state index in [0.29, 0.717) is 6.04 Å². The third kappa shape index (κ3) is 2.89. The van der Waals surface area contributed by atoms with Crippen molar-refractivity contribution in [3.63, 3.8) is 0 Å². The van der Waals surface area contributed by atoms with Gasteiger partial charge in [-0.2, -0.15) is 11.8 Å². The van der Waals surface area contributed by atoms with Gasteiger partial charge in [-0.1, -0.05) is 0 Å². The largest absolute Gasteiger partial charge is 0.339 e. The molecule has 2 N–H and O–H groups in total. The maximum absolute atomic E-state index is 11.8. The lowest BCUT2D eigenvalue weighted by Gasteiger charge is -2.34. The fourth-order valence-electron chi connectivity index (χ4n) is 1.85. The number of likely N-dealkylation sites (N-methyl/N-ethyl adjacent to an activating group) is 1. The standard InChI is InChI=1S/C10H20N2OS/c1-3-12(10(13)8(2)11)9-4-6-14-7-5-9/h8-9H,3-7,11H2,1-2H3/t8-/m1/s1. The van der Waals surface area contributed by atoms with E-state index in [1.807, 2.05) is 23.6 Å². The van der Waals surface area contributed by atoms with Gasteiger partial charge < -0.3 is 10.6 Å². The molecule has 1 fully saturated rings. The zero-order valence-corrected chi connectivity index (χ0v) is 9.85. The summed E-state index contributed by atoms with van der Waals surface area (Å²) in [4.78, 5) is 13.7. The molecule has 0 aromatic heterocycles. The highest BCUT2D eigenvalue weighted by Crippen LogP contribution is 2.21. The van der Waals surface area contributed by atoms with Crippen LogP contribution in [0.25, 0.3) is 0 Å². The molecular weight excluding hydrogens is 196 g/mol. The summed E-state index contributed by atoms with van der Waals surface area (Å²) >= 11 is 1.98. The predicted molar refractivity (Wildman–Crippen MR) is 61.4 cm³/mol. The number of thioether (sulfide) groups is 1. The number of amides is 1. The van der Waals surface area contributed by atoms with Gasteiger partial charge in [0.05, 0.1) is 6.04 Å². The van der Waals surface area contributed by atoms with Gasteiger partial charge in [0.25, 0.3) is 0 Å². The van der Waals surface area contributed by atoms with Gasteiger partial charge in [-0.15, -0.1) is 0 Å². The molecule has 4 heteroatoms. The molecule has 1 aliphatic rings. The van der Waals surface area contributed by atoms with Gasteiger partial charge in [0.15, 0.2) is 0 Å². The molecule has 82 valence electrons. The molecule has 0 saturated carbocycles. The molecule has 0 aromatic carbocycles. The van der Waals surface area contributed by atoms with Crippen LogP contribution in [0.1, 0.15) is 26.7 Å². The van der Waals surface area contributed by atoms with E-state index in [1.54, 1.807) is 6.92 Å². The average molecular weight is 216 g/mol. The third-order valence-corrected chi connectivity index (χ3v) is 3.69. The van der Waals surface area contributed by atoms with Crippen molar-refractivity contribution in [1.29, 1.82) is 0 Å². The van der Waals surface area contributed by atoms with Crippen molar-refractivity contribution in [2.45, 2.75) is 38.8 Å². The molecule has 0 aliphatic carbocycles. The first-order chi connectivity index (χ1) is 6.66. The van der Waals surface area contributed by atoms with Gasteiger partial charge in [-0.25, -0.2) is 0 Å². The van der Waals surface area contributed by atoms with E-state index < -0.39 is 0 Å². The highest BCUT2D eigenvalue weighted by molar-refractivity contribution is 7.99. The first-order valence-corrected chi connectivity index (χ1v) is 6.46. The van der Waals surface area contributed by atoms with Crippen molar-refractivity contribution >= 4 is 17.7 Å². The van der Waals surface area contributed by atoms with Crippen molar-refractivity contribution in [1.82, 2.24) is 4.90 Å². The quantitative estimate of drug-likeness (QED) is 0.768. The molecule has 1 aliphatic heterocycles. The molecule has 0 aromatic rings. The number of nitrogens with two attached hydrogens (primary N) is 1.